The predicted octanol–water partition coefficient (Wildman–Crippen LogP) is 4.77. The molecule has 0 saturated carbocycles. The van der Waals surface area contributed by atoms with Crippen LogP contribution in [0.25, 0.3) is 0 Å². The van der Waals surface area contributed by atoms with Gasteiger partial charge in [0.25, 0.3) is 0 Å². The summed E-state index contributed by atoms with van der Waals surface area (Å²) in [7, 11) is 2.69. The van der Waals surface area contributed by atoms with Crippen molar-refractivity contribution in [1.29, 1.82) is 0 Å². The summed E-state index contributed by atoms with van der Waals surface area (Å²) in [6, 6.07) is 15.3. The average molecular weight is 436 g/mol. The van der Waals surface area contributed by atoms with E-state index in [1.807, 2.05) is 75.4 Å². The fourth-order valence-electron chi connectivity index (χ4n) is 3.98. The minimum atomic E-state index is -0.657. The number of ether oxygens (including phenoxy) is 3. The summed E-state index contributed by atoms with van der Waals surface area (Å²) in [5.74, 6) is -1.43. The summed E-state index contributed by atoms with van der Waals surface area (Å²) in [5, 5.41) is 3.34. The average Bonchev–Trinajstić information content (AvgIpc) is 2.80. The molecule has 0 spiro atoms. The molecule has 0 bridgehead atoms. The summed E-state index contributed by atoms with van der Waals surface area (Å²) in [5.41, 5.74) is 4.51. The van der Waals surface area contributed by atoms with Crippen molar-refractivity contribution in [3.05, 3.63) is 82.6 Å². The van der Waals surface area contributed by atoms with Crippen molar-refractivity contribution in [2.75, 3.05) is 26.1 Å². The third-order valence-corrected chi connectivity index (χ3v) is 5.54. The van der Waals surface area contributed by atoms with Gasteiger partial charge < -0.3 is 19.5 Å². The van der Waals surface area contributed by atoms with E-state index in [9.17, 15) is 9.59 Å². The van der Waals surface area contributed by atoms with Crippen LogP contribution in [-0.4, -0.2) is 32.8 Å². The topological polar surface area (TPSA) is 73.9 Å². The van der Waals surface area contributed by atoms with E-state index in [1.165, 1.54) is 14.2 Å². The summed E-state index contributed by atoms with van der Waals surface area (Å²) in [6.07, 6.45) is 1.82. The molecule has 168 valence electrons. The molecule has 2 aromatic rings. The molecule has 2 atom stereocenters. The molecule has 1 aliphatic rings. The second-order valence-electron chi connectivity index (χ2n) is 7.68. The first-order valence-corrected chi connectivity index (χ1v) is 10.5. The molecule has 2 aromatic carbocycles. The number of hydrogen-bond acceptors (Lipinski definition) is 6. The summed E-state index contributed by atoms with van der Waals surface area (Å²) in [6.45, 7) is 6.34. The van der Waals surface area contributed by atoms with Crippen molar-refractivity contribution in [2.24, 2.45) is 5.92 Å². The molecule has 0 saturated heterocycles. The maximum atomic E-state index is 13.0. The molecular formula is C26H29NO5. The molecule has 0 aromatic heterocycles. The van der Waals surface area contributed by atoms with Crippen LogP contribution in [-0.2, 0) is 19.1 Å². The van der Waals surface area contributed by atoms with Gasteiger partial charge in [-0.2, -0.15) is 0 Å². The van der Waals surface area contributed by atoms with Crippen molar-refractivity contribution in [2.45, 2.75) is 26.7 Å². The van der Waals surface area contributed by atoms with Crippen LogP contribution in [0.2, 0.25) is 0 Å². The van der Waals surface area contributed by atoms with Gasteiger partial charge in [0.1, 0.15) is 5.75 Å². The molecule has 0 fully saturated rings. The molecule has 0 unspecified atom stereocenters. The van der Waals surface area contributed by atoms with Gasteiger partial charge in [-0.25, -0.2) is 4.79 Å². The fraction of sp³-hybridized carbons (Fsp3) is 0.308. The molecule has 0 aliphatic heterocycles. The van der Waals surface area contributed by atoms with Gasteiger partial charge >= 0.3 is 11.9 Å². The van der Waals surface area contributed by atoms with Gasteiger partial charge in [-0.1, -0.05) is 35.4 Å². The van der Waals surface area contributed by atoms with E-state index in [0.717, 1.165) is 28.1 Å². The van der Waals surface area contributed by atoms with Crippen LogP contribution >= 0.6 is 0 Å². The molecular weight excluding hydrogens is 406 g/mol. The van der Waals surface area contributed by atoms with Crippen LogP contribution in [0.15, 0.2) is 71.5 Å². The van der Waals surface area contributed by atoms with Crippen molar-refractivity contribution < 1.29 is 23.8 Å². The smallest absolute Gasteiger partial charge is 0.336 e. The van der Waals surface area contributed by atoms with Gasteiger partial charge in [-0.15, -0.1) is 0 Å². The molecule has 1 aliphatic carbocycles. The van der Waals surface area contributed by atoms with Crippen molar-refractivity contribution in [1.82, 2.24) is 0 Å². The van der Waals surface area contributed by atoms with Crippen LogP contribution in [0.1, 0.15) is 30.9 Å². The van der Waals surface area contributed by atoms with Gasteiger partial charge in [0.05, 0.1) is 32.3 Å². The Hall–Kier alpha value is -3.54. The van der Waals surface area contributed by atoms with Crippen molar-refractivity contribution in [3.8, 4) is 5.75 Å². The number of allylic oxidation sites excluding steroid dienone is 1. The van der Waals surface area contributed by atoms with E-state index in [2.05, 4.69) is 5.32 Å². The number of nitrogens with one attached hydrogen (secondary N) is 1. The predicted molar refractivity (Wildman–Crippen MR) is 123 cm³/mol. The zero-order chi connectivity index (χ0) is 23.3. The molecule has 3 rings (SSSR count). The normalized spacial score (nSPS) is 18.0. The number of carbonyl (C=O) groups is 2. The van der Waals surface area contributed by atoms with Crippen LogP contribution < -0.4 is 10.1 Å². The largest absolute Gasteiger partial charge is 0.494 e. The molecule has 0 heterocycles. The van der Waals surface area contributed by atoms with E-state index < -0.39 is 23.8 Å². The highest BCUT2D eigenvalue weighted by molar-refractivity contribution is 5.95. The maximum absolute atomic E-state index is 13.0. The van der Waals surface area contributed by atoms with Crippen LogP contribution in [0.5, 0.6) is 5.75 Å². The first-order valence-electron chi connectivity index (χ1n) is 10.5. The lowest BCUT2D eigenvalue weighted by atomic mass is 9.72. The first-order chi connectivity index (χ1) is 15.4. The monoisotopic (exact) mass is 435 g/mol. The minimum Gasteiger partial charge on any atom is -0.494 e. The number of aryl methyl sites for hydroxylation is 1. The number of hydrogen-bond donors (Lipinski definition) is 1. The third kappa shape index (κ3) is 4.85. The lowest BCUT2D eigenvalue weighted by Crippen LogP contribution is -2.33. The first kappa shape index (κ1) is 23.1. The molecule has 1 N–H and O–H groups in total. The van der Waals surface area contributed by atoms with Crippen LogP contribution in [0.4, 0.5) is 5.69 Å². The molecule has 6 nitrogen and oxygen atoms in total. The zero-order valence-electron chi connectivity index (χ0n) is 19.1. The summed E-state index contributed by atoms with van der Waals surface area (Å²) < 4.78 is 15.8. The number of anilines is 1. The highest BCUT2D eigenvalue weighted by Gasteiger charge is 2.41. The summed E-state index contributed by atoms with van der Waals surface area (Å²) >= 11 is 0. The number of methoxy groups -OCH3 is 2. The lowest BCUT2D eigenvalue weighted by Gasteiger charge is -2.33. The Labute approximate surface area is 188 Å². The Morgan fingerprint density at radius 1 is 0.938 bits per heavy atom. The number of rotatable bonds is 7. The molecule has 6 heteroatoms. The molecule has 0 amide bonds. The summed E-state index contributed by atoms with van der Waals surface area (Å²) in [4.78, 5) is 25.8. The second-order valence-corrected chi connectivity index (χ2v) is 7.68. The quantitative estimate of drug-likeness (QED) is 0.632. The van der Waals surface area contributed by atoms with E-state index >= 15 is 0 Å². The maximum Gasteiger partial charge on any atom is 0.336 e. The molecule has 32 heavy (non-hydrogen) atoms. The highest BCUT2D eigenvalue weighted by atomic mass is 16.5. The Balaban J connectivity index is 2.16. The van der Waals surface area contributed by atoms with Gasteiger partial charge in [-0.3, -0.25) is 4.79 Å². The van der Waals surface area contributed by atoms with Gasteiger partial charge in [-0.05, 0) is 56.7 Å². The zero-order valence-corrected chi connectivity index (χ0v) is 19.1. The van der Waals surface area contributed by atoms with Gasteiger partial charge in [0.2, 0.25) is 0 Å². The van der Waals surface area contributed by atoms with Crippen molar-refractivity contribution in [3.63, 3.8) is 0 Å². The SMILES string of the molecule is CCOc1ccc([C@H]2C(C(=O)OC)=C(Nc3ccc(C)cc3)C=C(C)[C@H]2C(=O)OC)cc1. The number of esters is 2. The number of carbonyl (C=O) groups excluding carboxylic acids is 2. The van der Waals surface area contributed by atoms with E-state index in [4.69, 9.17) is 14.2 Å². The Bertz CT molecular complexity index is 1030. The second kappa shape index (κ2) is 10.2. The Kier molecular flexibility index (Phi) is 7.36. The molecule has 0 radical (unpaired) electrons. The third-order valence-electron chi connectivity index (χ3n) is 5.54. The van der Waals surface area contributed by atoms with Gasteiger partial charge in [0.15, 0.2) is 0 Å². The Morgan fingerprint density at radius 2 is 1.59 bits per heavy atom. The van der Waals surface area contributed by atoms with Crippen LogP contribution in [0.3, 0.4) is 0 Å². The highest BCUT2D eigenvalue weighted by Crippen LogP contribution is 2.43. The standard InChI is InChI=1S/C26H29NO5/c1-6-32-20-13-9-18(10-14-20)23-22(25(28)30-4)17(3)15-21(24(23)26(29)31-5)27-19-11-7-16(2)8-12-19/h7-15,22-23,27H,6H2,1-5H3/t22-,23-/m1/s1. The van der Waals surface area contributed by atoms with E-state index in [0.29, 0.717) is 17.9 Å². The van der Waals surface area contributed by atoms with Crippen molar-refractivity contribution >= 4 is 17.6 Å². The van der Waals surface area contributed by atoms with E-state index in [1.54, 1.807) is 0 Å². The Morgan fingerprint density at radius 3 is 2.16 bits per heavy atom. The minimum absolute atomic E-state index is 0.373. The van der Waals surface area contributed by atoms with Gasteiger partial charge in [0, 0.05) is 17.3 Å². The van der Waals surface area contributed by atoms with Crippen LogP contribution in [0, 0.1) is 12.8 Å². The number of benzene rings is 2. The van der Waals surface area contributed by atoms with E-state index in [-0.39, 0.29) is 0 Å². The fourth-order valence-corrected chi connectivity index (χ4v) is 3.98. The lowest BCUT2D eigenvalue weighted by molar-refractivity contribution is -0.144.